The van der Waals surface area contributed by atoms with E-state index in [-0.39, 0.29) is 24.2 Å². The number of rotatable bonds is 7. The van der Waals surface area contributed by atoms with Crippen LogP contribution in [0.4, 0.5) is 5.69 Å². The van der Waals surface area contributed by atoms with E-state index in [9.17, 15) is 14.9 Å². The summed E-state index contributed by atoms with van der Waals surface area (Å²) < 4.78 is 15.6. The second kappa shape index (κ2) is 8.66. The van der Waals surface area contributed by atoms with Gasteiger partial charge in [-0.3, -0.25) is 19.8 Å². The molecule has 0 unspecified atom stereocenters. The van der Waals surface area contributed by atoms with Gasteiger partial charge in [0.1, 0.15) is 6.04 Å². The van der Waals surface area contributed by atoms with Crippen LogP contribution in [0.2, 0.25) is 0 Å². The zero-order chi connectivity index (χ0) is 18.4. The Morgan fingerprint density at radius 2 is 1.96 bits per heavy atom. The molecule has 138 valence electrons. The van der Waals surface area contributed by atoms with E-state index in [1.165, 1.54) is 20.3 Å². The smallest absolute Gasteiger partial charge is 0.323 e. The summed E-state index contributed by atoms with van der Waals surface area (Å²) in [6.45, 7) is 3.05. The van der Waals surface area contributed by atoms with Crippen molar-refractivity contribution in [1.29, 1.82) is 0 Å². The average molecular weight is 352 g/mol. The molecule has 8 nitrogen and oxygen atoms in total. The maximum absolute atomic E-state index is 12.2. The van der Waals surface area contributed by atoms with Crippen molar-refractivity contribution in [3.05, 3.63) is 27.8 Å². The largest absolute Gasteiger partial charge is 0.493 e. The molecule has 25 heavy (non-hydrogen) atoms. The van der Waals surface area contributed by atoms with Gasteiger partial charge >= 0.3 is 5.97 Å². The Labute approximate surface area is 146 Å². The van der Waals surface area contributed by atoms with Gasteiger partial charge in [-0.15, -0.1) is 0 Å². The minimum Gasteiger partial charge on any atom is -0.493 e. The molecule has 0 radical (unpaired) electrons. The second-order valence-electron chi connectivity index (χ2n) is 5.83. The molecule has 1 aromatic rings. The van der Waals surface area contributed by atoms with Crippen LogP contribution in [0.1, 0.15) is 31.7 Å². The summed E-state index contributed by atoms with van der Waals surface area (Å²) in [5.74, 6) is 0.455. The number of likely N-dealkylation sites (tertiary alicyclic amines) is 1. The van der Waals surface area contributed by atoms with E-state index in [2.05, 4.69) is 0 Å². The number of nitro benzene ring substituents is 1. The number of piperidine rings is 1. The minimum atomic E-state index is -0.444. The van der Waals surface area contributed by atoms with E-state index in [1.54, 1.807) is 13.0 Å². The summed E-state index contributed by atoms with van der Waals surface area (Å²) in [5, 5.41) is 11.4. The van der Waals surface area contributed by atoms with Gasteiger partial charge < -0.3 is 14.2 Å². The van der Waals surface area contributed by atoms with Crippen LogP contribution in [0.25, 0.3) is 0 Å². The number of nitro groups is 1. The lowest BCUT2D eigenvalue weighted by atomic mass is 10.0. The highest BCUT2D eigenvalue weighted by molar-refractivity contribution is 5.76. The number of benzene rings is 1. The lowest BCUT2D eigenvalue weighted by Crippen LogP contribution is -2.45. The third-order valence-corrected chi connectivity index (χ3v) is 4.33. The topological polar surface area (TPSA) is 91.1 Å². The Hall–Kier alpha value is -2.35. The minimum absolute atomic E-state index is 0.0502. The lowest BCUT2D eigenvalue weighted by Gasteiger charge is -2.33. The van der Waals surface area contributed by atoms with Crippen molar-refractivity contribution in [2.75, 3.05) is 27.4 Å². The van der Waals surface area contributed by atoms with Crippen molar-refractivity contribution < 1.29 is 23.9 Å². The number of methoxy groups -OCH3 is 2. The third kappa shape index (κ3) is 4.39. The number of ether oxygens (including phenoxy) is 3. The fourth-order valence-corrected chi connectivity index (χ4v) is 3.11. The fourth-order valence-electron chi connectivity index (χ4n) is 3.11. The number of esters is 1. The van der Waals surface area contributed by atoms with Gasteiger partial charge in [-0.25, -0.2) is 0 Å². The number of hydrogen-bond acceptors (Lipinski definition) is 7. The Bertz CT molecular complexity index is 634. The Morgan fingerprint density at radius 1 is 1.28 bits per heavy atom. The van der Waals surface area contributed by atoms with Gasteiger partial charge in [0.2, 0.25) is 0 Å². The molecule has 1 atom stereocenters. The summed E-state index contributed by atoms with van der Waals surface area (Å²) in [6, 6.07) is 2.59. The summed E-state index contributed by atoms with van der Waals surface area (Å²) in [6.07, 6.45) is 2.57. The van der Waals surface area contributed by atoms with E-state index in [0.717, 1.165) is 12.8 Å². The van der Waals surface area contributed by atoms with Crippen molar-refractivity contribution in [3.8, 4) is 11.5 Å². The first-order valence-electron chi connectivity index (χ1n) is 8.31. The van der Waals surface area contributed by atoms with E-state index >= 15 is 0 Å². The van der Waals surface area contributed by atoms with Gasteiger partial charge in [0.25, 0.3) is 5.69 Å². The molecule has 0 spiro atoms. The van der Waals surface area contributed by atoms with Crippen molar-refractivity contribution >= 4 is 11.7 Å². The van der Waals surface area contributed by atoms with Gasteiger partial charge in [0.15, 0.2) is 11.5 Å². The molecule has 0 bridgehead atoms. The molecule has 2 rings (SSSR count). The zero-order valence-corrected chi connectivity index (χ0v) is 14.8. The summed E-state index contributed by atoms with van der Waals surface area (Å²) >= 11 is 0. The molecule has 1 aliphatic rings. The Morgan fingerprint density at radius 3 is 2.56 bits per heavy atom. The number of carbonyl (C=O) groups is 1. The predicted octanol–water partition coefficient (Wildman–Crippen LogP) is 2.53. The summed E-state index contributed by atoms with van der Waals surface area (Å²) in [7, 11) is 2.92. The highest BCUT2D eigenvalue weighted by atomic mass is 16.6. The molecule has 0 amide bonds. The van der Waals surface area contributed by atoms with Crippen molar-refractivity contribution in [3.63, 3.8) is 0 Å². The van der Waals surface area contributed by atoms with Gasteiger partial charge in [-0.1, -0.05) is 6.42 Å². The molecular weight excluding hydrogens is 328 g/mol. The molecule has 0 aromatic heterocycles. The maximum atomic E-state index is 12.2. The predicted molar refractivity (Wildman–Crippen MR) is 90.9 cm³/mol. The van der Waals surface area contributed by atoms with Crippen LogP contribution in [0, 0.1) is 10.1 Å². The molecule has 1 aromatic carbocycles. The van der Waals surface area contributed by atoms with Crippen LogP contribution in [0.15, 0.2) is 12.1 Å². The first-order valence-corrected chi connectivity index (χ1v) is 8.31. The fraction of sp³-hybridized carbons (Fsp3) is 0.588. The summed E-state index contributed by atoms with van der Waals surface area (Å²) in [4.78, 5) is 25.1. The molecule has 0 aliphatic carbocycles. The van der Waals surface area contributed by atoms with Crippen LogP contribution in [0.5, 0.6) is 11.5 Å². The Balaban J connectivity index is 2.33. The molecule has 1 fully saturated rings. The van der Waals surface area contributed by atoms with Crippen LogP contribution < -0.4 is 9.47 Å². The van der Waals surface area contributed by atoms with Gasteiger partial charge in [-0.2, -0.15) is 0 Å². The standard InChI is InChI=1S/C17H24N2O6/c1-4-25-17(20)13-7-5-6-8-18(13)11-12-9-15(23-2)16(24-3)10-14(12)19(21)22/h9-10,13H,4-8,11H2,1-3H3/t13-/m1/s1. The number of nitrogens with zero attached hydrogens (tertiary/aromatic N) is 2. The third-order valence-electron chi connectivity index (χ3n) is 4.33. The van der Waals surface area contributed by atoms with Crippen molar-refractivity contribution in [2.24, 2.45) is 0 Å². The van der Waals surface area contributed by atoms with E-state index in [1.807, 2.05) is 4.90 Å². The molecular formula is C17H24N2O6. The van der Waals surface area contributed by atoms with Crippen LogP contribution in [-0.4, -0.2) is 49.2 Å². The van der Waals surface area contributed by atoms with Gasteiger partial charge in [0, 0.05) is 12.1 Å². The van der Waals surface area contributed by atoms with Crippen molar-refractivity contribution in [1.82, 2.24) is 4.90 Å². The molecule has 1 aliphatic heterocycles. The molecule has 8 heteroatoms. The highest BCUT2D eigenvalue weighted by Gasteiger charge is 2.31. The average Bonchev–Trinajstić information content (AvgIpc) is 2.61. The second-order valence-corrected chi connectivity index (χ2v) is 5.83. The van der Waals surface area contributed by atoms with E-state index < -0.39 is 4.92 Å². The SMILES string of the molecule is CCOC(=O)[C@H]1CCCCN1Cc1cc(OC)c(OC)cc1[N+](=O)[O-]. The van der Waals surface area contributed by atoms with Crippen LogP contribution in [-0.2, 0) is 16.1 Å². The van der Waals surface area contributed by atoms with Crippen molar-refractivity contribution in [2.45, 2.75) is 38.8 Å². The maximum Gasteiger partial charge on any atom is 0.323 e. The number of carbonyl (C=O) groups excluding carboxylic acids is 1. The lowest BCUT2D eigenvalue weighted by molar-refractivity contribution is -0.385. The first-order chi connectivity index (χ1) is 12.0. The Kier molecular flexibility index (Phi) is 6.58. The first kappa shape index (κ1) is 19.0. The molecule has 1 heterocycles. The number of hydrogen-bond donors (Lipinski definition) is 0. The molecule has 0 N–H and O–H groups in total. The normalized spacial score (nSPS) is 17.8. The van der Waals surface area contributed by atoms with Gasteiger partial charge in [0.05, 0.1) is 31.8 Å². The van der Waals surface area contributed by atoms with Crippen LogP contribution in [0.3, 0.4) is 0 Å². The van der Waals surface area contributed by atoms with Gasteiger partial charge in [-0.05, 0) is 32.4 Å². The highest BCUT2D eigenvalue weighted by Crippen LogP contribution is 2.36. The monoisotopic (exact) mass is 352 g/mol. The zero-order valence-electron chi connectivity index (χ0n) is 14.8. The van der Waals surface area contributed by atoms with E-state index in [0.29, 0.717) is 36.6 Å². The molecule has 1 saturated heterocycles. The van der Waals surface area contributed by atoms with E-state index in [4.69, 9.17) is 14.2 Å². The summed E-state index contributed by atoms with van der Waals surface area (Å²) in [5.41, 5.74) is 0.435. The molecule has 0 saturated carbocycles. The quantitative estimate of drug-likeness (QED) is 0.423. The van der Waals surface area contributed by atoms with Crippen LogP contribution >= 0.6 is 0 Å².